The fourth-order valence-electron chi connectivity index (χ4n) is 3.31. The van der Waals surface area contributed by atoms with E-state index in [2.05, 4.69) is 15.0 Å². The van der Waals surface area contributed by atoms with Crippen molar-refractivity contribution in [3.8, 4) is 11.5 Å². The van der Waals surface area contributed by atoms with Crippen LogP contribution in [0.3, 0.4) is 0 Å². The van der Waals surface area contributed by atoms with Gasteiger partial charge in [0, 0.05) is 37.8 Å². The smallest absolute Gasteiger partial charge is 0.496 e. The zero-order valence-corrected chi connectivity index (χ0v) is 16.2. The molecule has 0 spiro atoms. The van der Waals surface area contributed by atoms with E-state index in [9.17, 15) is 13.2 Å². The predicted octanol–water partition coefficient (Wildman–Crippen LogP) is 4.18. The maximum Gasteiger partial charge on any atom is 0.573 e. The van der Waals surface area contributed by atoms with Crippen molar-refractivity contribution in [2.24, 2.45) is 5.92 Å². The summed E-state index contributed by atoms with van der Waals surface area (Å²) in [6, 6.07) is 4.42. The summed E-state index contributed by atoms with van der Waals surface area (Å²) in [5, 5.41) is 3.31. The van der Waals surface area contributed by atoms with E-state index in [-0.39, 0.29) is 36.6 Å². The van der Waals surface area contributed by atoms with E-state index in [1.807, 2.05) is 0 Å². The van der Waals surface area contributed by atoms with Gasteiger partial charge in [0.1, 0.15) is 11.5 Å². The molecular formula is C17H25Cl2F3N2O2. The Kier molecular flexibility index (Phi) is 8.79. The van der Waals surface area contributed by atoms with E-state index >= 15 is 0 Å². The number of nitrogens with one attached hydrogen (secondary N) is 1. The molecule has 0 unspecified atom stereocenters. The third-order valence-electron chi connectivity index (χ3n) is 4.64. The summed E-state index contributed by atoms with van der Waals surface area (Å²) in [4.78, 5) is 2.34. The molecule has 4 nitrogen and oxygen atoms in total. The molecule has 0 radical (unpaired) electrons. The maximum atomic E-state index is 12.6. The van der Waals surface area contributed by atoms with Crippen molar-refractivity contribution in [3.63, 3.8) is 0 Å². The summed E-state index contributed by atoms with van der Waals surface area (Å²) in [6.45, 7) is 3.54. The molecule has 3 rings (SSSR count). The lowest BCUT2D eigenvalue weighted by molar-refractivity contribution is -0.274. The lowest BCUT2D eigenvalue weighted by Crippen LogP contribution is -2.45. The summed E-state index contributed by atoms with van der Waals surface area (Å²) < 4.78 is 47.2. The number of ether oxygens (including phenoxy) is 2. The second-order valence-corrected chi connectivity index (χ2v) is 6.43. The second kappa shape index (κ2) is 9.88. The summed E-state index contributed by atoms with van der Waals surface area (Å²) in [7, 11) is 1.55. The minimum Gasteiger partial charge on any atom is -0.496 e. The molecule has 1 aliphatic heterocycles. The highest BCUT2D eigenvalue weighted by Crippen LogP contribution is 2.43. The largest absolute Gasteiger partial charge is 0.573 e. The molecule has 0 amide bonds. The fourth-order valence-corrected chi connectivity index (χ4v) is 3.31. The Bertz CT molecular complexity index is 565. The Morgan fingerprint density at radius 3 is 2.38 bits per heavy atom. The van der Waals surface area contributed by atoms with Crippen molar-refractivity contribution in [1.82, 2.24) is 10.2 Å². The van der Waals surface area contributed by atoms with Gasteiger partial charge in [-0.3, -0.25) is 4.90 Å². The fraction of sp³-hybridized carbons (Fsp3) is 0.647. The van der Waals surface area contributed by atoms with Crippen LogP contribution in [0.1, 0.15) is 30.9 Å². The van der Waals surface area contributed by atoms with E-state index in [0.717, 1.165) is 38.2 Å². The molecule has 1 N–H and O–H groups in total. The number of hydrogen-bond acceptors (Lipinski definition) is 4. The van der Waals surface area contributed by atoms with E-state index < -0.39 is 6.36 Å². The van der Waals surface area contributed by atoms with Crippen molar-refractivity contribution in [1.29, 1.82) is 0 Å². The van der Waals surface area contributed by atoms with E-state index in [1.54, 1.807) is 13.2 Å². The highest BCUT2D eigenvalue weighted by Gasteiger charge is 2.34. The Morgan fingerprint density at radius 2 is 1.85 bits per heavy atom. The minimum absolute atomic E-state index is 0. The maximum absolute atomic E-state index is 12.6. The number of alkyl halides is 3. The molecule has 2 aliphatic rings. The van der Waals surface area contributed by atoms with Gasteiger partial charge in [0.2, 0.25) is 0 Å². The van der Waals surface area contributed by atoms with Crippen LogP contribution in [-0.4, -0.2) is 44.6 Å². The van der Waals surface area contributed by atoms with Crippen molar-refractivity contribution in [3.05, 3.63) is 23.8 Å². The van der Waals surface area contributed by atoms with Gasteiger partial charge in [0.15, 0.2) is 0 Å². The molecule has 1 atom stereocenters. The van der Waals surface area contributed by atoms with Gasteiger partial charge in [-0.05, 0) is 30.5 Å². The molecule has 1 aliphatic carbocycles. The predicted molar refractivity (Wildman–Crippen MR) is 98.7 cm³/mol. The van der Waals surface area contributed by atoms with E-state index in [1.165, 1.54) is 25.0 Å². The number of rotatable bonds is 6. The number of nitrogens with zero attached hydrogens (tertiary/aromatic N) is 1. The van der Waals surface area contributed by atoms with Crippen LogP contribution in [-0.2, 0) is 0 Å². The van der Waals surface area contributed by atoms with Gasteiger partial charge >= 0.3 is 6.36 Å². The van der Waals surface area contributed by atoms with Crippen molar-refractivity contribution < 1.29 is 22.6 Å². The first kappa shape index (κ1) is 23.1. The lowest BCUT2D eigenvalue weighted by atomic mass is 9.97. The van der Waals surface area contributed by atoms with Crippen LogP contribution < -0.4 is 14.8 Å². The van der Waals surface area contributed by atoms with Crippen LogP contribution in [0, 0.1) is 5.92 Å². The topological polar surface area (TPSA) is 33.7 Å². The zero-order valence-electron chi connectivity index (χ0n) is 14.6. The quantitative estimate of drug-likeness (QED) is 0.753. The molecular weight excluding hydrogens is 392 g/mol. The van der Waals surface area contributed by atoms with Crippen molar-refractivity contribution in [2.75, 3.05) is 33.3 Å². The van der Waals surface area contributed by atoms with Gasteiger partial charge in [-0.15, -0.1) is 38.0 Å². The van der Waals surface area contributed by atoms with E-state index in [0.29, 0.717) is 11.7 Å². The molecule has 0 aromatic heterocycles. The van der Waals surface area contributed by atoms with Crippen LogP contribution in [0.25, 0.3) is 0 Å². The molecule has 1 saturated heterocycles. The van der Waals surface area contributed by atoms with Crippen LogP contribution in [0.2, 0.25) is 0 Å². The first-order chi connectivity index (χ1) is 11.5. The van der Waals surface area contributed by atoms with Gasteiger partial charge < -0.3 is 14.8 Å². The molecule has 26 heavy (non-hydrogen) atoms. The Labute approximate surface area is 164 Å². The molecule has 2 fully saturated rings. The molecule has 1 aromatic rings. The third kappa shape index (κ3) is 6.37. The van der Waals surface area contributed by atoms with Crippen LogP contribution >= 0.6 is 24.8 Å². The third-order valence-corrected chi connectivity index (χ3v) is 4.64. The van der Waals surface area contributed by atoms with Gasteiger partial charge in [-0.1, -0.05) is 12.8 Å². The van der Waals surface area contributed by atoms with Crippen molar-refractivity contribution >= 4 is 24.8 Å². The Hall–Kier alpha value is -0.890. The molecule has 0 bridgehead atoms. The number of benzene rings is 1. The lowest BCUT2D eigenvalue weighted by Gasteiger charge is -2.36. The highest BCUT2D eigenvalue weighted by atomic mass is 35.5. The molecule has 150 valence electrons. The minimum atomic E-state index is -4.69. The van der Waals surface area contributed by atoms with Crippen LogP contribution in [0.15, 0.2) is 18.2 Å². The van der Waals surface area contributed by atoms with Crippen LogP contribution in [0.5, 0.6) is 11.5 Å². The number of piperazine rings is 1. The molecule has 9 heteroatoms. The zero-order chi connectivity index (χ0) is 17.2. The van der Waals surface area contributed by atoms with Gasteiger partial charge in [0.05, 0.1) is 7.11 Å². The first-order valence-electron chi connectivity index (χ1n) is 8.35. The van der Waals surface area contributed by atoms with Gasteiger partial charge in [-0.2, -0.15) is 0 Å². The van der Waals surface area contributed by atoms with Crippen molar-refractivity contribution in [2.45, 2.75) is 31.7 Å². The second-order valence-electron chi connectivity index (χ2n) is 6.43. The molecule has 1 heterocycles. The first-order valence-corrected chi connectivity index (χ1v) is 8.35. The number of methoxy groups -OCH3 is 1. The van der Waals surface area contributed by atoms with E-state index in [4.69, 9.17) is 4.74 Å². The summed E-state index contributed by atoms with van der Waals surface area (Å²) >= 11 is 0. The Morgan fingerprint density at radius 1 is 1.19 bits per heavy atom. The number of hydrogen-bond donors (Lipinski definition) is 1. The Balaban J connectivity index is 0.00000169. The monoisotopic (exact) mass is 416 g/mol. The highest BCUT2D eigenvalue weighted by molar-refractivity contribution is 5.85. The standard InChI is InChI=1S/C17H23F3N2O2.2ClH/c1-23-16-5-4-13(24-17(18,19)20)11-14(16)15(10-12-2-3-12)22-8-6-21-7-9-22;;/h4-5,11-12,15,21H,2-3,6-10H2,1H3;2*1H/t15-;;/m1../s1. The normalized spacial score (nSPS) is 19.1. The SMILES string of the molecule is COc1ccc(OC(F)(F)F)cc1[C@@H](CC1CC1)N1CCNCC1.Cl.Cl. The summed E-state index contributed by atoms with van der Waals surface area (Å²) in [5.74, 6) is 1.09. The average molecular weight is 417 g/mol. The van der Waals surface area contributed by atoms with Gasteiger partial charge in [0.25, 0.3) is 0 Å². The summed E-state index contributed by atoms with van der Waals surface area (Å²) in [6.07, 6.45) is -1.34. The number of halogens is 5. The van der Waals surface area contributed by atoms with Crippen LogP contribution in [0.4, 0.5) is 13.2 Å². The van der Waals surface area contributed by atoms with Gasteiger partial charge in [-0.25, -0.2) is 0 Å². The molecule has 1 saturated carbocycles. The average Bonchev–Trinajstić information content (AvgIpc) is 3.36. The summed E-state index contributed by atoms with van der Waals surface area (Å²) in [5.41, 5.74) is 0.785. The molecule has 1 aromatic carbocycles.